The minimum atomic E-state index is -0.184. The Morgan fingerprint density at radius 2 is 2.44 bits per heavy atom. The largest absolute Gasteiger partial charge is 0.465 e. The van der Waals surface area contributed by atoms with E-state index in [2.05, 4.69) is 27.8 Å². The molecule has 5 heteroatoms. The predicted molar refractivity (Wildman–Crippen MR) is 68.5 cm³/mol. The van der Waals surface area contributed by atoms with E-state index < -0.39 is 0 Å². The number of thioether (sulfide) groups is 1. The highest BCUT2D eigenvalue weighted by Crippen LogP contribution is 2.24. The lowest BCUT2D eigenvalue weighted by Crippen LogP contribution is -2.08. The molecule has 0 aliphatic carbocycles. The van der Waals surface area contributed by atoms with Crippen molar-refractivity contribution in [3.63, 3.8) is 0 Å². The minimum Gasteiger partial charge on any atom is -0.465 e. The number of carbonyl (C=O) groups is 1. The zero-order chi connectivity index (χ0) is 11.8. The summed E-state index contributed by atoms with van der Waals surface area (Å²) in [5.41, 5.74) is 0. The van der Waals surface area contributed by atoms with E-state index in [1.54, 1.807) is 6.20 Å². The van der Waals surface area contributed by atoms with Crippen LogP contribution in [-0.2, 0) is 9.53 Å². The summed E-state index contributed by atoms with van der Waals surface area (Å²) in [6.45, 7) is 2.58. The normalized spacial score (nSPS) is 10.1. The number of esters is 1. The van der Waals surface area contributed by atoms with Crippen molar-refractivity contribution in [3.05, 3.63) is 22.8 Å². The molecule has 0 bridgehead atoms. The number of unbranched alkanes of at least 4 members (excludes halogenated alkanes) is 1. The summed E-state index contributed by atoms with van der Waals surface area (Å²) in [4.78, 5) is 15.5. The van der Waals surface area contributed by atoms with Gasteiger partial charge in [-0.15, -0.1) is 0 Å². The van der Waals surface area contributed by atoms with E-state index in [9.17, 15) is 4.79 Å². The number of halogens is 1. The van der Waals surface area contributed by atoms with Gasteiger partial charge in [-0.3, -0.25) is 4.79 Å². The molecule has 0 N–H and O–H groups in total. The van der Waals surface area contributed by atoms with E-state index in [4.69, 9.17) is 4.74 Å². The van der Waals surface area contributed by atoms with Crippen molar-refractivity contribution in [2.45, 2.75) is 24.8 Å². The van der Waals surface area contributed by atoms with Crippen molar-refractivity contribution < 1.29 is 9.53 Å². The molecule has 1 aromatic heterocycles. The summed E-state index contributed by atoms with van der Waals surface area (Å²) in [6.07, 6.45) is 3.66. The molecule has 0 atom stereocenters. The Morgan fingerprint density at radius 1 is 1.62 bits per heavy atom. The van der Waals surface area contributed by atoms with Gasteiger partial charge in [-0.2, -0.15) is 0 Å². The third kappa shape index (κ3) is 4.99. The van der Waals surface area contributed by atoms with Gasteiger partial charge in [0.1, 0.15) is 5.03 Å². The Balaban J connectivity index is 2.29. The monoisotopic (exact) mass is 303 g/mol. The van der Waals surface area contributed by atoms with E-state index in [-0.39, 0.29) is 5.97 Å². The minimum absolute atomic E-state index is 0.184. The molecule has 0 unspecified atom stereocenters. The highest BCUT2D eigenvalue weighted by atomic mass is 79.9. The van der Waals surface area contributed by atoms with Gasteiger partial charge < -0.3 is 4.74 Å². The van der Waals surface area contributed by atoms with Crippen LogP contribution in [0.3, 0.4) is 0 Å². The van der Waals surface area contributed by atoms with Gasteiger partial charge in [0.25, 0.3) is 0 Å². The van der Waals surface area contributed by atoms with Crippen LogP contribution in [-0.4, -0.2) is 23.3 Å². The van der Waals surface area contributed by atoms with Crippen LogP contribution in [0.15, 0.2) is 27.8 Å². The summed E-state index contributed by atoms with van der Waals surface area (Å²) in [5, 5.41) is 0.815. The van der Waals surface area contributed by atoms with Gasteiger partial charge in [-0.05, 0) is 34.5 Å². The molecule has 0 fully saturated rings. The molecule has 1 rings (SSSR count). The van der Waals surface area contributed by atoms with Crippen molar-refractivity contribution in [1.29, 1.82) is 0 Å². The smallest absolute Gasteiger partial charge is 0.316 e. The fourth-order valence-electron chi connectivity index (χ4n) is 0.977. The lowest BCUT2D eigenvalue weighted by Gasteiger charge is -2.04. The van der Waals surface area contributed by atoms with Gasteiger partial charge in [0.05, 0.1) is 12.4 Å². The van der Waals surface area contributed by atoms with Crippen molar-refractivity contribution in [2.24, 2.45) is 0 Å². The molecule has 88 valence electrons. The molecule has 0 spiro atoms. The van der Waals surface area contributed by atoms with Gasteiger partial charge in [0.2, 0.25) is 0 Å². The van der Waals surface area contributed by atoms with Crippen LogP contribution in [0.1, 0.15) is 19.8 Å². The number of pyridine rings is 1. The van der Waals surface area contributed by atoms with Gasteiger partial charge in [-0.1, -0.05) is 25.1 Å². The SMILES string of the molecule is CCCCOC(=O)CSc1ncccc1Br. The summed E-state index contributed by atoms with van der Waals surface area (Å²) < 4.78 is 5.95. The van der Waals surface area contributed by atoms with E-state index in [1.807, 2.05) is 12.1 Å². The first-order valence-electron chi connectivity index (χ1n) is 5.13. The second-order valence-corrected chi connectivity index (χ2v) is 4.97. The molecule has 3 nitrogen and oxygen atoms in total. The molecule has 1 aromatic rings. The lowest BCUT2D eigenvalue weighted by atomic mass is 10.4. The maximum Gasteiger partial charge on any atom is 0.316 e. The van der Waals surface area contributed by atoms with E-state index in [0.29, 0.717) is 12.4 Å². The molecular weight excluding hydrogens is 290 g/mol. The third-order valence-electron chi connectivity index (χ3n) is 1.81. The van der Waals surface area contributed by atoms with Gasteiger partial charge in [0.15, 0.2) is 0 Å². The highest BCUT2D eigenvalue weighted by Gasteiger charge is 2.06. The second-order valence-electron chi connectivity index (χ2n) is 3.15. The Bertz CT molecular complexity index is 347. The summed E-state index contributed by atoms with van der Waals surface area (Å²) in [5.74, 6) is 0.121. The van der Waals surface area contributed by atoms with Crippen molar-refractivity contribution in [1.82, 2.24) is 4.98 Å². The molecule has 0 aromatic carbocycles. The Hall–Kier alpha value is -0.550. The molecule has 1 heterocycles. The molecule has 0 amide bonds. The van der Waals surface area contributed by atoms with Crippen molar-refractivity contribution in [3.8, 4) is 0 Å². The number of rotatable bonds is 6. The average Bonchev–Trinajstić information content (AvgIpc) is 2.28. The lowest BCUT2D eigenvalue weighted by molar-refractivity contribution is -0.140. The van der Waals surface area contributed by atoms with Crippen LogP contribution in [0.5, 0.6) is 0 Å². The van der Waals surface area contributed by atoms with E-state index in [0.717, 1.165) is 22.3 Å². The molecule has 0 saturated heterocycles. The number of nitrogens with zero attached hydrogens (tertiary/aromatic N) is 1. The topological polar surface area (TPSA) is 39.2 Å². The Morgan fingerprint density at radius 3 is 3.12 bits per heavy atom. The number of carbonyl (C=O) groups excluding carboxylic acids is 1. The molecule has 16 heavy (non-hydrogen) atoms. The van der Waals surface area contributed by atoms with Gasteiger partial charge >= 0.3 is 5.97 Å². The Kier molecular flexibility index (Phi) is 6.49. The first-order valence-corrected chi connectivity index (χ1v) is 6.91. The summed E-state index contributed by atoms with van der Waals surface area (Å²) in [6, 6.07) is 3.74. The quantitative estimate of drug-likeness (QED) is 0.459. The summed E-state index contributed by atoms with van der Waals surface area (Å²) in [7, 11) is 0. The Labute approximate surface area is 108 Å². The number of hydrogen-bond donors (Lipinski definition) is 0. The summed E-state index contributed by atoms with van der Waals surface area (Å²) >= 11 is 4.76. The van der Waals surface area contributed by atoms with Crippen LogP contribution in [0.25, 0.3) is 0 Å². The standard InChI is InChI=1S/C11H14BrNO2S/c1-2-3-7-15-10(14)8-16-11-9(12)5-4-6-13-11/h4-6H,2-3,7-8H2,1H3. The van der Waals surface area contributed by atoms with Crippen molar-refractivity contribution >= 4 is 33.7 Å². The fraction of sp³-hybridized carbons (Fsp3) is 0.455. The van der Waals surface area contributed by atoms with Crippen LogP contribution < -0.4 is 0 Å². The van der Waals surface area contributed by atoms with Crippen LogP contribution >= 0.6 is 27.7 Å². The zero-order valence-electron chi connectivity index (χ0n) is 9.11. The second kappa shape index (κ2) is 7.68. The van der Waals surface area contributed by atoms with Gasteiger partial charge in [-0.25, -0.2) is 4.98 Å². The zero-order valence-corrected chi connectivity index (χ0v) is 11.5. The molecule has 0 radical (unpaired) electrons. The molecule has 0 aliphatic rings. The molecule has 0 aliphatic heterocycles. The maximum absolute atomic E-state index is 11.3. The number of aromatic nitrogens is 1. The first kappa shape index (κ1) is 13.5. The average molecular weight is 304 g/mol. The molecule has 0 saturated carbocycles. The van der Waals surface area contributed by atoms with Crippen molar-refractivity contribution in [2.75, 3.05) is 12.4 Å². The molecular formula is C11H14BrNO2S. The fourth-order valence-corrected chi connectivity index (χ4v) is 2.25. The predicted octanol–water partition coefficient (Wildman–Crippen LogP) is 3.28. The first-order chi connectivity index (χ1) is 7.74. The van der Waals surface area contributed by atoms with Gasteiger partial charge in [0, 0.05) is 10.7 Å². The van der Waals surface area contributed by atoms with E-state index >= 15 is 0 Å². The maximum atomic E-state index is 11.3. The number of hydrogen-bond acceptors (Lipinski definition) is 4. The highest BCUT2D eigenvalue weighted by molar-refractivity contribution is 9.10. The van der Waals surface area contributed by atoms with Crippen LogP contribution in [0, 0.1) is 0 Å². The van der Waals surface area contributed by atoms with Crippen LogP contribution in [0.2, 0.25) is 0 Å². The van der Waals surface area contributed by atoms with E-state index in [1.165, 1.54) is 11.8 Å². The number of ether oxygens (including phenoxy) is 1. The third-order valence-corrected chi connectivity index (χ3v) is 3.69. The van der Waals surface area contributed by atoms with Crippen LogP contribution in [0.4, 0.5) is 0 Å².